The van der Waals surface area contributed by atoms with Gasteiger partial charge in [0.05, 0.1) is 18.0 Å². The molecule has 10 heteroatoms. The van der Waals surface area contributed by atoms with Crippen molar-refractivity contribution in [1.29, 1.82) is 0 Å². The van der Waals surface area contributed by atoms with E-state index in [1.165, 1.54) is 0 Å². The van der Waals surface area contributed by atoms with Gasteiger partial charge in [-0.2, -0.15) is 4.98 Å². The van der Waals surface area contributed by atoms with Gasteiger partial charge in [-0.05, 0) is 78.8 Å². The molecule has 0 radical (unpaired) electrons. The number of ether oxygens (including phenoxy) is 2. The summed E-state index contributed by atoms with van der Waals surface area (Å²) in [6.45, 7) is 13.5. The molecular weight excluding hydrogens is 446 g/mol. The van der Waals surface area contributed by atoms with Crippen LogP contribution < -0.4 is 10.5 Å². The van der Waals surface area contributed by atoms with E-state index in [1.54, 1.807) is 4.52 Å². The maximum Gasteiger partial charge on any atom is 0.410 e. The molecule has 2 aliphatic heterocycles. The molecule has 0 bridgehead atoms. The van der Waals surface area contributed by atoms with E-state index in [1.807, 2.05) is 38.8 Å². The lowest BCUT2D eigenvalue weighted by Crippen LogP contribution is -2.44. The third-order valence-corrected chi connectivity index (χ3v) is 6.92. The second kappa shape index (κ2) is 10.6. The normalized spacial score (nSPS) is 20.9. The zero-order valence-corrected chi connectivity index (χ0v) is 21.9. The number of piperidine rings is 1. The van der Waals surface area contributed by atoms with Crippen molar-refractivity contribution in [2.75, 3.05) is 31.9 Å². The number of fused-ring (bicyclic) bond motifs is 1. The van der Waals surface area contributed by atoms with Gasteiger partial charge in [0.1, 0.15) is 5.60 Å². The quantitative estimate of drug-likeness (QED) is 0.631. The first-order chi connectivity index (χ1) is 16.6. The van der Waals surface area contributed by atoms with Crippen molar-refractivity contribution in [3.05, 3.63) is 11.9 Å². The van der Waals surface area contributed by atoms with Gasteiger partial charge >= 0.3 is 12.1 Å². The molecule has 1 amide bonds. The van der Waals surface area contributed by atoms with Crippen LogP contribution in [0.15, 0.2) is 6.20 Å². The molecule has 2 fully saturated rings. The molecule has 194 valence electrons. The van der Waals surface area contributed by atoms with Crippen molar-refractivity contribution in [3.63, 3.8) is 0 Å². The van der Waals surface area contributed by atoms with Gasteiger partial charge in [-0.1, -0.05) is 13.3 Å². The van der Waals surface area contributed by atoms with Crippen molar-refractivity contribution in [1.82, 2.24) is 29.4 Å². The van der Waals surface area contributed by atoms with Crippen LogP contribution in [0, 0.1) is 5.92 Å². The van der Waals surface area contributed by atoms with Gasteiger partial charge in [-0.3, -0.25) is 4.90 Å². The second-order valence-electron chi connectivity index (χ2n) is 11.0. The molecule has 0 spiro atoms. The molecule has 4 heterocycles. The lowest BCUT2D eigenvalue weighted by Gasteiger charge is -2.36. The Hall–Kier alpha value is -2.62. The summed E-state index contributed by atoms with van der Waals surface area (Å²) >= 11 is 0. The fraction of sp³-hybridized carbons (Fsp3) is 0.760. The van der Waals surface area contributed by atoms with Crippen LogP contribution in [-0.2, 0) is 11.2 Å². The maximum absolute atomic E-state index is 12.4. The fourth-order valence-corrected chi connectivity index (χ4v) is 5.11. The van der Waals surface area contributed by atoms with Crippen molar-refractivity contribution < 1.29 is 14.3 Å². The Bertz CT molecular complexity index is 1010. The predicted octanol–water partition coefficient (Wildman–Crippen LogP) is 3.54. The van der Waals surface area contributed by atoms with Crippen molar-refractivity contribution in [2.24, 2.45) is 5.92 Å². The van der Waals surface area contributed by atoms with Crippen molar-refractivity contribution in [3.8, 4) is 6.01 Å². The minimum Gasteiger partial charge on any atom is -0.459 e. The second-order valence-corrected chi connectivity index (χ2v) is 11.0. The van der Waals surface area contributed by atoms with Crippen LogP contribution in [0.3, 0.4) is 0 Å². The van der Waals surface area contributed by atoms with Gasteiger partial charge in [0.2, 0.25) is 0 Å². The lowest BCUT2D eigenvalue weighted by molar-refractivity contribution is 0.0274. The molecule has 2 N–H and O–H groups in total. The number of carbonyl (C=O) groups is 1. The van der Waals surface area contributed by atoms with Crippen LogP contribution in [0.4, 0.5) is 10.6 Å². The molecule has 2 aromatic rings. The molecule has 0 aromatic carbocycles. The van der Waals surface area contributed by atoms with Gasteiger partial charge in [0.25, 0.3) is 0 Å². The number of aromatic nitrogens is 4. The highest BCUT2D eigenvalue weighted by Gasteiger charge is 2.34. The van der Waals surface area contributed by atoms with E-state index < -0.39 is 5.60 Å². The van der Waals surface area contributed by atoms with Gasteiger partial charge in [0, 0.05) is 19.1 Å². The SMILES string of the molecule is CCC[C@H](C)Oc1nc(N)c2ncc(CC3CCN(C4CCN(C(=O)OC(C)(C)C)C4)CC3)n2n1. The molecule has 0 saturated carbocycles. The van der Waals surface area contributed by atoms with Crippen LogP contribution in [0.5, 0.6) is 6.01 Å². The number of amides is 1. The summed E-state index contributed by atoms with van der Waals surface area (Å²) < 4.78 is 13.2. The maximum atomic E-state index is 12.4. The monoisotopic (exact) mass is 487 g/mol. The van der Waals surface area contributed by atoms with Crippen LogP contribution in [-0.4, -0.2) is 79.4 Å². The first-order valence-corrected chi connectivity index (χ1v) is 13.0. The number of hydrogen-bond acceptors (Lipinski definition) is 8. The molecule has 10 nitrogen and oxygen atoms in total. The van der Waals surface area contributed by atoms with Crippen molar-refractivity contribution in [2.45, 2.75) is 90.9 Å². The molecule has 4 rings (SSSR count). The number of anilines is 1. The number of nitrogen functional groups attached to an aromatic ring is 1. The number of imidazole rings is 1. The number of nitrogens with zero attached hydrogens (tertiary/aromatic N) is 6. The first kappa shape index (κ1) is 25.5. The highest BCUT2D eigenvalue weighted by atomic mass is 16.6. The Kier molecular flexibility index (Phi) is 7.68. The highest BCUT2D eigenvalue weighted by molar-refractivity contribution is 5.68. The smallest absolute Gasteiger partial charge is 0.410 e. The highest BCUT2D eigenvalue weighted by Crippen LogP contribution is 2.27. The van der Waals surface area contributed by atoms with Crippen LogP contribution >= 0.6 is 0 Å². The number of nitrogens with two attached hydrogens (primary N) is 1. The molecule has 2 aromatic heterocycles. The van der Waals surface area contributed by atoms with Gasteiger partial charge in [0.15, 0.2) is 11.5 Å². The standard InChI is InChI=1S/C25H41N7O3/c1-6-7-17(2)34-23-28-21(26)22-27-15-20(32(22)29-23)14-18-8-11-30(12-9-18)19-10-13-31(16-19)24(33)35-25(3,4)5/h15,17-19H,6-14,16H2,1-5H3,(H2,26,28,29)/t17-,19?/m0/s1. The van der Waals surface area contributed by atoms with Gasteiger partial charge in [-0.15, -0.1) is 5.10 Å². The molecular formula is C25H41N7O3. The average Bonchev–Trinajstić information content (AvgIpc) is 3.42. The number of carbonyl (C=O) groups excluding carboxylic acids is 1. The van der Waals surface area contributed by atoms with Crippen LogP contribution in [0.1, 0.15) is 72.4 Å². The molecule has 35 heavy (non-hydrogen) atoms. The Morgan fingerprint density at radius 3 is 2.66 bits per heavy atom. The van der Waals surface area contributed by atoms with Gasteiger partial charge in [-0.25, -0.2) is 14.3 Å². The summed E-state index contributed by atoms with van der Waals surface area (Å²) in [6, 6.07) is 0.720. The number of likely N-dealkylation sites (tertiary alicyclic amines) is 2. The largest absolute Gasteiger partial charge is 0.459 e. The first-order valence-electron chi connectivity index (χ1n) is 13.0. The number of hydrogen-bond donors (Lipinski definition) is 1. The summed E-state index contributed by atoms with van der Waals surface area (Å²) in [7, 11) is 0. The van der Waals surface area contributed by atoms with E-state index >= 15 is 0 Å². The van der Waals surface area contributed by atoms with Gasteiger partial charge < -0.3 is 20.1 Å². The molecule has 2 atom stereocenters. The predicted molar refractivity (Wildman–Crippen MR) is 134 cm³/mol. The Labute approximate surface area is 208 Å². The zero-order valence-electron chi connectivity index (χ0n) is 21.9. The van der Waals surface area contributed by atoms with E-state index in [-0.39, 0.29) is 12.2 Å². The van der Waals surface area contributed by atoms with E-state index in [0.29, 0.717) is 29.4 Å². The Morgan fingerprint density at radius 2 is 1.97 bits per heavy atom. The van der Waals surface area contributed by atoms with E-state index in [2.05, 4.69) is 26.9 Å². The van der Waals surface area contributed by atoms with Crippen LogP contribution in [0.25, 0.3) is 5.65 Å². The molecule has 2 saturated heterocycles. The van der Waals surface area contributed by atoms with Crippen molar-refractivity contribution >= 4 is 17.6 Å². The lowest BCUT2D eigenvalue weighted by atomic mass is 9.91. The summed E-state index contributed by atoms with van der Waals surface area (Å²) in [5.74, 6) is 0.893. The summed E-state index contributed by atoms with van der Waals surface area (Å²) in [4.78, 5) is 25.6. The van der Waals surface area contributed by atoms with E-state index in [0.717, 1.165) is 70.4 Å². The number of rotatable bonds is 7. The van der Waals surface area contributed by atoms with E-state index in [9.17, 15) is 4.79 Å². The fourth-order valence-electron chi connectivity index (χ4n) is 5.11. The minimum absolute atomic E-state index is 0.0370. The molecule has 1 unspecified atom stereocenters. The zero-order chi connectivity index (χ0) is 25.2. The molecule has 2 aliphatic rings. The van der Waals surface area contributed by atoms with Crippen LogP contribution in [0.2, 0.25) is 0 Å². The Morgan fingerprint density at radius 1 is 1.23 bits per heavy atom. The summed E-state index contributed by atoms with van der Waals surface area (Å²) in [6.07, 6.45) is 7.78. The third kappa shape index (κ3) is 6.34. The Balaban J connectivity index is 1.32. The molecule has 0 aliphatic carbocycles. The van der Waals surface area contributed by atoms with E-state index in [4.69, 9.17) is 15.2 Å². The summed E-state index contributed by atoms with van der Waals surface area (Å²) in [5, 5.41) is 4.59. The minimum atomic E-state index is -0.457. The topological polar surface area (TPSA) is 111 Å². The third-order valence-electron chi connectivity index (χ3n) is 6.92. The summed E-state index contributed by atoms with van der Waals surface area (Å²) in [5.41, 5.74) is 7.32. The average molecular weight is 488 g/mol.